The highest BCUT2D eigenvalue weighted by Crippen LogP contribution is 2.28. The second kappa shape index (κ2) is 4.54. The van der Waals surface area contributed by atoms with E-state index >= 15 is 0 Å². The number of hydrogen-bond acceptors (Lipinski definition) is 3. The third-order valence-corrected chi connectivity index (χ3v) is 3.97. The SMILES string of the molecule is C/C=C/Cn1c(C)c[n+]2c1N=C1C2C(=O)N(C)C(=O)N1C. The molecule has 3 amide bonds. The minimum absolute atomic E-state index is 0.246. The van der Waals surface area contributed by atoms with Gasteiger partial charge in [-0.2, -0.15) is 0 Å². The topological polar surface area (TPSA) is 61.8 Å². The number of allylic oxidation sites excluding steroid dienone is 2. The van der Waals surface area contributed by atoms with Crippen LogP contribution in [0.25, 0.3) is 0 Å². The van der Waals surface area contributed by atoms with E-state index in [1.807, 2.05) is 41.3 Å². The molecular weight excluding hydrogens is 270 g/mol. The number of fused-ring (bicyclic) bond motifs is 3. The van der Waals surface area contributed by atoms with E-state index in [2.05, 4.69) is 4.99 Å². The summed E-state index contributed by atoms with van der Waals surface area (Å²) < 4.78 is 3.87. The molecule has 0 radical (unpaired) electrons. The maximum atomic E-state index is 12.4. The minimum atomic E-state index is -0.543. The molecule has 0 aromatic carbocycles. The highest BCUT2D eigenvalue weighted by atomic mass is 16.2. The molecule has 0 saturated carbocycles. The standard InChI is InChI=1S/C14H18N5O2/c1-5-6-7-18-9(2)8-19-10-11(15-13(18)19)16(3)14(21)17(4)12(10)20/h5-6,8,10H,7H2,1-4H3/q+1/b6-5+. The first-order valence-electron chi connectivity index (χ1n) is 6.83. The zero-order valence-corrected chi connectivity index (χ0v) is 12.6. The van der Waals surface area contributed by atoms with Gasteiger partial charge in [-0.3, -0.25) is 14.6 Å². The monoisotopic (exact) mass is 288 g/mol. The molecule has 7 nitrogen and oxygen atoms in total. The first-order valence-corrected chi connectivity index (χ1v) is 6.83. The normalized spacial score (nSPS) is 21.1. The largest absolute Gasteiger partial charge is 0.402 e. The van der Waals surface area contributed by atoms with Crippen molar-refractivity contribution in [2.45, 2.75) is 26.4 Å². The van der Waals surface area contributed by atoms with Crippen LogP contribution in [0.15, 0.2) is 23.3 Å². The van der Waals surface area contributed by atoms with E-state index in [1.54, 1.807) is 7.05 Å². The fourth-order valence-electron chi connectivity index (χ4n) is 2.75. The van der Waals surface area contributed by atoms with Gasteiger partial charge in [-0.05, 0) is 13.8 Å². The summed E-state index contributed by atoms with van der Waals surface area (Å²) in [6.07, 6.45) is 5.91. The summed E-state index contributed by atoms with van der Waals surface area (Å²) in [5.74, 6) is 0.949. The Morgan fingerprint density at radius 1 is 1.33 bits per heavy atom. The van der Waals surface area contributed by atoms with Gasteiger partial charge < -0.3 is 0 Å². The summed E-state index contributed by atoms with van der Waals surface area (Å²) in [4.78, 5) is 31.5. The van der Waals surface area contributed by atoms with Crippen LogP contribution in [0.3, 0.4) is 0 Å². The lowest BCUT2D eigenvalue weighted by molar-refractivity contribution is -0.677. The number of urea groups is 1. The lowest BCUT2D eigenvalue weighted by Gasteiger charge is -2.30. The predicted octanol–water partition coefficient (Wildman–Crippen LogP) is 0.769. The second-order valence-electron chi connectivity index (χ2n) is 5.27. The maximum Gasteiger partial charge on any atom is 0.402 e. The van der Waals surface area contributed by atoms with Crippen LogP contribution >= 0.6 is 0 Å². The van der Waals surface area contributed by atoms with Gasteiger partial charge in [0.05, 0.1) is 6.54 Å². The molecule has 1 unspecified atom stereocenters. The summed E-state index contributed by atoms with van der Waals surface area (Å²) in [5.41, 5.74) is 1.03. The third-order valence-electron chi connectivity index (χ3n) is 3.97. The van der Waals surface area contributed by atoms with E-state index in [-0.39, 0.29) is 11.9 Å². The lowest BCUT2D eigenvalue weighted by atomic mass is 10.2. The number of hydrogen-bond donors (Lipinski definition) is 0. The quantitative estimate of drug-likeness (QED) is 0.596. The number of rotatable bonds is 2. The van der Waals surface area contributed by atoms with E-state index < -0.39 is 6.04 Å². The maximum absolute atomic E-state index is 12.4. The van der Waals surface area contributed by atoms with Crippen LogP contribution in [0.4, 0.5) is 10.7 Å². The van der Waals surface area contributed by atoms with Crippen LogP contribution in [0.1, 0.15) is 18.7 Å². The molecule has 110 valence electrons. The fourth-order valence-corrected chi connectivity index (χ4v) is 2.75. The van der Waals surface area contributed by atoms with Crippen molar-refractivity contribution < 1.29 is 14.2 Å². The molecule has 1 fully saturated rings. The molecule has 21 heavy (non-hydrogen) atoms. The van der Waals surface area contributed by atoms with Gasteiger partial charge in [0.25, 0.3) is 5.91 Å². The van der Waals surface area contributed by atoms with Gasteiger partial charge in [0.2, 0.25) is 11.9 Å². The third kappa shape index (κ3) is 1.73. The van der Waals surface area contributed by atoms with Crippen molar-refractivity contribution in [3.8, 4) is 0 Å². The number of amidine groups is 1. The Labute approximate surface area is 122 Å². The predicted molar refractivity (Wildman–Crippen MR) is 76.2 cm³/mol. The fraction of sp³-hybridized carbons (Fsp3) is 0.429. The zero-order valence-electron chi connectivity index (χ0n) is 12.6. The first kappa shape index (κ1) is 13.5. The van der Waals surface area contributed by atoms with Crippen molar-refractivity contribution in [1.29, 1.82) is 0 Å². The molecule has 0 aliphatic carbocycles. The van der Waals surface area contributed by atoms with Crippen LogP contribution in [-0.4, -0.2) is 46.2 Å². The Morgan fingerprint density at radius 2 is 2.05 bits per heavy atom. The number of aryl methyl sites for hydroxylation is 1. The molecule has 7 heteroatoms. The number of imidazole rings is 1. The van der Waals surface area contributed by atoms with Gasteiger partial charge in [0.15, 0.2) is 0 Å². The molecule has 2 aliphatic heterocycles. The Hall–Kier alpha value is -2.44. The smallest absolute Gasteiger partial charge is 0.270 e. The number of nitrogens with zero attached hydrogens (tertiary/aromatic N) is 5. The molecule has 3 heterocycles. The molecule has 0 bridgehead atoms. The van der Waals surface area contributed by atoms with Gasteiger partial charge in [0.1, 0.15) is 11.9 Å². The summed E-state index contributed by atoms with van der Waals surface area (Å²) in [6, 6.07) is -0.893. The molecule has 0 spiro atoms. The zero-order chi connectivity index (χ0) is 15.3. The molecule has 1 aromatic rings. The number of carbonyl (C=O) groups excluding carboxylic acids is 2. The first-order chi connectivity index (χ1) is 9.97. The number of carbonyl (C=O) groups is 2. The Kier molecular flexibility index (Phi) is 2.93. The highest BCUT2D eigenvalue weighted by molar-refractivity contribution is 6.18. The number of aliphatic imine (C=N–C) groups is 1. The van der Waals surface area contributed by atoms with E-state index in [9.17, 15) is 9.59 Å². The second-order valence-corrected chi connectivity index (χ2v) is 5.27. The van der Waals surface area contributed by atoms with Gasteiger partial charge in [-0.1, -0.05) is 17.1 Å². The Morgan fingerprint density at radius 3 is 2.71 bits per heavy atom. The number of aromatic nitrogens is 2. The van der Waals surface area contributed by atoms with Crippen LogP contribution in [0.2, 0.25) is 0 Å². The average Bonchev–Trinajstić information content (AvgIpc) is 2.96. The van der Waals surface area contributed by atoms with E-state index in [0.29, 0.717) is 18.3 Å². The lowest BCUT2D eigenvalue weighted by Crippen LogP contribution is -2.61. The average molecular weight is 288 g/mol. The van der Waals surface area contributed by atoms with Crippen molar-refractivity contribution >= 4 is 23.7 Å². The van der Waals surface area contributed by atoms with Gasteiger partial charge >= 0.3 is 12.0 Å². The molecular formula is C14H18N5O2+. The van der Waals surface area contributed by atoms with Gasteiger partial charge in [-0.25, -0.2) is 13.9 Å². The van der Waals surface area contributed by atoms with Crippen molar-refractivity contribution in [2.24, 2.45) is 4.99 Å². The van der Waals surface area contributed by atoms with Gasteiger partial charge in [-0.15, -0.1) is 0 Å². The summed E-state index contributed by atoms with van der Waals surface area (Å²) in [6.45, 7) is 4.63. The van der Waals surface area contributed by atoms with E-state index in [4.69, 9.17) is 0 Å². The van der Waals surface area contributed by atoms with Crippen LogP contribution in [0, 0.1) is 6.92 Å². The van der Waals surface area contributed by atoms with E-state index in [0.717, 1.165) is 10.6 Å². The van der Waals surface area contributed by atoms with E-state index in [1.165, 1.54) is 11.9 Å². The molecule has 0 N–H and O–H groups in total. The molecule has 3 rings (SSSR count). The van der Waals surface area contributed by atoms with Crippen molar-refractivity contribution in [1.82, 2.24) is 14.4 Å². The Balaban J connectivity index is 2.12. The summed E-state index contributed by atoms with van der Waals surface area (Å²) >= 11 is 0. The number of imide groups is 1. The number of likely N-dealkylation sites (N-methyl/N-ethyl adjacent to an activating group) is 2. The molecule has 1 saturated heterocycles. The summed E-state index contributed by atoms with van der Waals surface area (Å²) in [5, 5.41) is 0. The van der Waals surface area contributed by atoms with Gasteiger partial charge in [0, 0.05) is 14.1 Å². The molecule has 2 aliphatic rings. The summed E-state index contributed by atoms with van der Waals surface area (Å²) in [7, 11) is 3.15. The van der Waals surface area contributed by atoms with Crippen molar-refractivity contribution in [3.63, 3.8) is 0 Å². The molecule has 1 aromatic heterocycles. The van der Waals surface area contributed by atoms with Crippen molar-refractivity contribution in [3.05, 3.63) is 24.0 Å². The van der Waals surface area contributed by atoms with Crippen LogP contribution < -0.4 is 4.57 Å². The number of amides is 3. The van der Waals surface area contributed by atoms with Crippen LogP contribution in [0.5, 0.6) is 0 Å². The Bertz CT molecular complexity index is 700. The minimum Gasteiger partial charge on any atom is -0.270 e. The van der Waals surface area contributed by atoms with Crippen molar-refractivity contribution in [2.75, 3.05) is 14.1 Å². The molecule has 1 atom stereocenters. The highest BCUT2D eigenvalue weighted by Gasteiger charge is 2.51. The van der Waals surface area contributed by atoms with Crippen LogP contribution in [-0.2, 0) is 11.3 Å².